The van der Waals surface area contributed by atoms with Crippen LogP contribution >= 0.6 is 11.3 Å². The number of carbonyl (C=O) groups is 2. The third-order valence-corrected chi connectivity index (χ3v) is 6.43. The van der Waals surface area contributed by atoms with Crippen LogP contribution < -0.4 is 5.32 Å². The van der Waals surface area contributed by atoms with Gasteiger partial charge in [-0.15, -0.1) is 11.3 Å². The Morgan fingerprint density at radius 3 is 2.57 bits per heavy atom. The van der Waals surface area contributed by atoms with Gasteiger partial charge in [0.05, 0.1) is 19.2 Å². The van der Waals surface area contributed by atoms with Crippen molar-refractivity contribution in [2.24, 2.45) is 5.92 Å². The van der Waals surface area contributed by atoms with Gasteiger partial charge < -0.3 is 10.1 Å². The van der Waals surface area contributed by atoms with Gasteiger partial charge in [0, 0.05) is 4.88 Å². The fraction of sp³-hybridized carbons (Fsp3) is 0.455. The first kappa shape index (κ1) is 20.6. The zero-order chi connectivity index (χ0) is 19.9. The molecule has 150 valence electrons. The van der Waals surface area contributed by atoms with Gasteiger partial charge in [0.2, 0.25) is 5.91 Å². The number of carbonyl (C=O) groups excluding carboxylic acids is 2. The highest BCUT2D eigenvalue weighted by Gasteiger charge is 2.23. The number of benzene rings is 1. The van der Waals surface area contributed by atoms with Crippen LogP contribution in [0.25, 0.3) is 0 Å². The Balaban J connectivity index is 1.50. The first-order valence-electron chi connectivity index (χ1n) is 9.86. The number of piperidine rings is 1. The minimum atomic E-state index is -0.409. The van der Waals surface area contributed by atoms with Gasteiger partial charge in [0.25, 0.3) is 0 Å². The van der Waals surface area contributed by atoms with E-state index in [2.05, 4.69) is 34.5 Å². The van der Waals surface area contributed by atoms with Crippen molar-refractivity contribution in [1.82, 2.24) is 4.90 Å². The second-order valence-electron chi connectivity index (χ2n) is 7.26. The summed E-state index contributed by atoms with van der Waals surface area (Å²) < 4.78 is 4.83. The third kappa shape index (κ3) is 5.42. The molecule has 1 N–H and O–H groups in total. The molecule has 2 aromatic rings. The van der Waals surface area contributed by atoms with Crippen molar-refractivity contribution in [3.63, 3.8) is 0 Å². The normalized spacial score (nSPS) is 15.4. The van der Waals surface area contributed by atoms with Crippen LogP contribution in [0.1, 0.15) is 40.6 Å². The largest absolute Gasteiger partial charge is 0.465 e. The minimum Gasteiger partial charge on any atom is -0.465 e. The van der Waals surface area contributed by atoms with E-state index >= 15 is 0 Å². The van der Waals surface area contributed by atoms with Gasteiger partial charge in [-0.3, -0.25) is 9.69 Å². The number of likely N-dealkylation sites (tertiary alicyclic amines) is 1. The lowest BCUT2D eigenvalue weighted by atomic mass is 9.90. The topological polar surface area (TPSA) is 58.6 Å². The molecule has 1 fully saturated rings. The monoisotopic (exact) mass is 400 g/mol. The summed E-state index contributed by atoms with van der Waals surface area (Å²) >= 11 is 1.44. The lowest BCUT2D eigenvalue weighted by Crippen LogP contribution is -2.39. The third-order valence-electron chi connectivity index (χ3n) is 5.23. The highest BCUT2D eigenvalue weighted by molar-refractivity contribution is 7.16. The number of nitrogens with one attached hydrogen (secondary N) is 1. The molecule has 0 saturated carbocycles. The SMILES string of the molecule is CCc1cc(C(=O)OC)c(NC(=O)CN2CCC(Cc3ccccc3)CC2)s1. The van der Waals surface area contributed by atoms with E-state index in [9.17, 15) is 9.59 Å². The molecule has 0 radical (unpaired) electrons. The van der Waals surface area contributed by atoms with Crippen molar-refractivity contribution >= 4 is 28.2 Å². The number of aryl methyl sites for hydroxylation is 1. The number of rotatable bonds is 7. The number of nitrogens with zero attached hydrogens (tertiary/aromatic N) is 1. The van der Waals surface area contributed by atoms with Gasteiger partial charge in [-0.25, -0.2) is 4.79 Å². The molecule has 1 aliphatic heterocycles. The van der Waals surface area contributed by atoms with E-state index in [0.29, 0.717) is 23.0 Å². The number of thiophene rings is 1. The Hall–Kier alpha value is -2.18. The molecular weight excluding hydrogens is 372 g/mol. The summed E-state index contributed by atoms with van der Waals surface area (Å²) in [5.74, 6) is 0.196. The Kier molecular flexibility index (Phi) is 7.23. The molecule has 1 aromatic heterocycles. The summed E-state index contributed by atoms with van der Waals surface area (Å²) in [6.07, 6.45) is 4.14. The smallest absolute Gasteiger partial charge is 0.340 e. The molecule has 0 aliphatic carbocycles. The van der Waals surface area contributed by atoms with Crippen LogP contribution in [0, 0.1) is 5.92 Å². The lowest BCUT2D eigenvalue weighted by molar-refractivity contribution is -0.117. The Bertz CT molecular complexity index is 795. The molecule has 5 nitrogen and oxygen atoms in total. The van der Waals surface area contributed by atoms with E-state index in [0.717, 1.165) is 43.6 Å². The van der Waals surface area contributed by atoms with Crippen molar-refractivity contribution in [2.45, 2.75) is 32.6 Å². The summed E-state index contributed by atoms with van der Waals surface area (Å²) in [6, 6.07) is 12.4. The van der Waals surface area contributed by atoms with Crippen LogP contribution in [0.15, 0.2) is 36.4 Å². The number of ether oxygens (including phenoxy) is 1. The van der Waals surface area contributed by atoms with E-state index in [4.69, 9.17) is 4.74 Å². The summed E-state index contributed by atoms with van der Waals surface area (Å²) in [5, 5.41) is 3.51. The van der Waals surface area contributed by atoms with Crippen molar-refractivity contribution in [3.8, 4) is 0 Å². The average Bonchev–Trinajstić information content (AvgIpc) is 3.12. The molecule has 28 heavy (non-hydrogen) atoms. The molecule has 6 heteroatoms. The summed E-state index contributed by atoms with van der Waals surface area (Å²) in [7, 11) is 1.36. The van der Waals surface area contributed by atoms with E-state index in [1.165, 1.54) is 24.0 Å². The minimum absolute atomic E-state index is 0.0730. The first-order chi connectivity index (χ1) is 13.6. The van der Waals surface area contributed by atoms with Crippen LogP contribution in [0.4, 0.5) is 5.00 Å². The maximum absolute atomic E-state index is 12.5. The van der Waals surface area contributed by atoms with E-state index < -0.39 is 5.97 Å². The number of esters is 1. The second kappa shape index (κ2) is 9.85. The molecule has 1 aliphatic rings. The fourth-order valence-electron chi connectivity index (χ4n) is 3.64. The fourth-order valence-corrected chi connectivity index (χ4v) is 4.64. The van der Waals surface area contributed by atoms with Gasteiger partial charge in [0.15, 0.2) is 0 Å². The summed E-state index contributed by atoms with van der Waals surface area (Å²) in [6.45, 7) is 4.25. The van der Waals surface area contributed by atoms with Crippen LogP contribution in [0.5, 0.6) is 0 Å². The van der Waals surface area contributed by atoms with E-state index in [1.54, 1.807) is 6.07 Å². The molecule has 2 heterocycles. The Labute approximate surface area is 170 Å². The van der Waals surface area contributed by atoms with Gasteiger partial charge in [-0.2, -0.15) is 0 Å². The second-order valence-corrected chi connectivity index (χ2v) is 8.39. The first-order valence-corrected chi connectivity index (χ1v) is 10.7. The number of methoxy groups -OCH3 is 1. The zero-order valence-corrected chi connectivity index (χ0v) is 17.4. The molecule has 1 saturated heterocycles. The van der Waals surface area contributed by atoms with Crippen molar-refractivity contribution < 1.29 is 14.3 Å². The lowest BCUT2D eigenvalue weighted by Gasteiger charge is -2.31. The molecule has 1 aromatic carbocycles. The predicted molar refractivity (Wildman–Crippen MR) is 113 cm³/mol. The van der Waals surface area contributed by atoms with Crippen molar-refractivity contribution in [1.29, 1.82) is 0 Å². The molecule has 3 rings (SSSR count). The van der Waals surface area contributed by atoms with Crippen molar-refractivity contribution in [3.05, 3.63) is 52.4 Å². The van der Waals surface area contributed by atoms with Crippen LogP contribution in [-0.4, -0.2) is 43.5 Å². The van der Waals surface area contributed by atoms with Crippen molar-refractivity contribution in [2.75, 3.05) is 32.1 Å². The number of hydrogen-bond acceptors (Lipinski definition) is 5. The highest BCUT2D eigenvalue weighted by Crippen LogP contribution is 2.29. The quantitative estimate of drug-likeness (QED) is 0.714. The molecule has 1 amide bonds. The molecule has 0 atom stereocenters. The predicted octanol–water partition coefficient (Wildman–Crippen LogP) is 3.99. The number of anilines is 1. The van der Waals surface area contributed by atoms with E-state index in [1.807, 2.05) is 13.0 Å². The van der Waals surface area contributed by atoms with Crippen LogP contribution in [0.3, 0.4) is 0 Å². The number of amides is 1. The molecule has 0 unspecified atom stereocenters. The Morgan fingerprint density at radius 1 is 1.21 bits per heavy atom. The van der Waals surface area contributed by atoms with Crippen LogP contribution in [-0.2, 0) is 22.4 Å². The Morgan fingerprint density at radius 2 is 1.93 bits per heavy atom. The maximum Gasteiger partial charge on any atom is 0.340 e. The zero-order valence-electron chi connectivity index (χ0n) is 16.6. The average molecular weight is 401 g/mol. The molecule has 0 bridgehead atoms. The van der Waals surface area contributed by atoms with Crippen LogP contribution in [0.2, 0.25) is 0 Å². The van der Waals surface area contributed by atoms with Gasteiger partial charge in [-0.05, 0) is 56.3 Å². The molecular formula is C22H28N2O3S. The van der Waals surface area contributed by atoms with E-state index in [-0.39, 0.29) is 5.91 Å². The van der Waals surface area contributed by atoms with Gasteiger partial charge in [-0.1, -0.05) is 37.3 Å². The maximum atomic E-state index is 12.5. The highest BCUT2D eigenvalue weighted by atomic mass is 32.1. The standard InChI is InChI=1S/C22H28N2O3S/c1-3-18-14-19(22(26)27-2)21(28-18)23-20(25)15-24-11-9-17(10-12-24)13-16-7-5-4-6-8-16/h4-8,14,17H,3,9-13,15H2,1-2H3,(H,23,25). The summed E-state index contributed by atoms with van der Waals surface area (Å²) in [4.78, 5) is 27.7. The number of hydrogen-bond donors (Lipinski definition) is 1. The summed E-state index contributed by atoms with van der Waals surface area (Å²) in [5.41, 5.74) is 1.83. The van der Waals surface area contributed by atoms with Gasteiger partial charge >= 0.3 is 5.97 Å². The van der Waals surface area contributed by atoms with Gasteiger partial charge in [0.1, 0.15) is 5.00 Å². The molecule has 0 spiro atoms.